The highest BCUT2D eigenvalue weighted by molar-refractivity contribution is 5.68. The fourth-order valence-corrected chi connectivity index (χ4v) is 2.04. The zero-order valence-electron chi connectivity index (χ0n) is 10.5. The van der Waals surface area contributed by atoms with Crippen LogP contribution in [-0.2, 0) is 4.74 Å². The van der Waals surface area contributed by atoms with E-state index in [2.05, 4.69) is 13.8 Å². The van der Waals surface area contributed by atoms with Gasteiger partial charge in [-0.05, 0) is 32.6 Å². The molecule has 0 aromatic heterocycles. The Hall–Kier alpha value is -0.730. The summed E-state index contributed by atoms with van der Waals surface area (Å²) >= 11 is 0. The molecule has 1 aliphatic rings. The molecule has 0 radical (unpaired) electrons. The van der Waals surface area contributed by atoms with E-state index in [9.17, 15) is 4.79 Å². The first-order valence-corrected chi connectivity index (χ1v) is 5.81. The number of hydrogen-bond donors (Lipinski definition) is 0. The monoisotopic (exact) mass is 213 g/mol. The lowest BCUT2D eigenvalue weighted by Crippen LogP contribution is -2.35. The van der Waals surface area contributed by atoms with Gasteiger partial charge in [0, 0.05) is 13.1 Å². The summed E-state index contributed by atoms with van der Waals surface area (Å²) in [4.78, 5) is 13.6. The van der Waals surface area contributed by atoms with Gasteiger partial charge in [-0.15, -0.1) is 0 Å². The van der Waals surface area contributed by atoms with Gasteiger partial charge in [0.25, 0.3) is 0 Å². The minimum Gasteiger partial charge on any atom is -0.444 e. The quantitative estimate of drug-likeness (QED) is 0.670. The third-order valence-electron chi connectivity index (χ3n) is 2.94. The molecule has 3 nitrogen and oxygen atoms in total. The molecule has 0 aromatic rings. The van der Waals surface area contributed by atoms with Crippen molar-refractivity contribution in [2.75, 3.05) is 13.1 Å². The highest BCUT2D eigenvalue weighted by Crippen LogP contribution is 2.26. The van der Waals surface area contributed by atoms with Crippen LogP contribution in [0.2, 0.25) is 0 Å². The predicted octanol–water partition coefficient (Wildman–Crippen LogP) is 2.90. The third-order valence-corrected chi connectivity index (χ3v) is 2.94. The summed E-state index contributed by atoms with van der Waals surface area (Å²) in [5.74, 6) is 1.24. The van der Waals surface area contributed by atoms with E-state index in [0.29, 0.717) is 11.8 Å². The van der Waals surface area contributed by atoms with Gasteiger partial charge in [-0.1, -0.05) is 20.3 Å². The maximum Gasteiger partial charge on any atom is 0.410 e. The molecule has 1 heterocycles. The lowest BCUT2D eigenvalue weighted by molar-refractivity contribution is 0.0284. The highest BCUT2D eigenvalue weighted by Gasteiger charge is 2.33. The lowest BCUT2D eigenvalue weighted by Gasteiger charge is -2.24. The predicted molar refractivity (Wildman–Crippen MR) is 60.8 cm³/mol. The zero-order chi connectivity index (χ0) is 11.6. The molecule has 0 aliphatic carbocycles. The van der Waals surface area contributed by atoms with E-state index in [1.165, 1.54) is 0 Å². The first-order valence-electron chi connectivity index (χ1n) is 5.81. The van der Waals surface area contributed by atoms with Gasteiger partial charge in [0.05, 0.1) is 0 Å². The summed E-state index contributed by atoms with van der Waals surface area (Å²) in [5, 5.41) is 0. The molecule has 3 heteroatoms. The summed E-state index contributed by atoms with van der Waals surface area (Å²) in [6.07, 6.45) is 0.978. The van der Waals surface area contributed by atoms with Crippen LogP contribution in [0.3, 0.4) is 0 Å². The van der Waals surface area contributed by atoms with Gasteiger partial charge < -0.3 is 9.64 Å². The standard InChI is InChI=1S/C12H23NO2/c1-6-10-8-13(7-9(10)2)11(14)15-12(3,4)5/h9-10H,6-8H2,1-5H3/t9-,10+/m1/s1. The lowest BCUT2D eigenvalue weighted by atomic mass is 9.96. The van der Waals surface area contributed by atoms with Crippen molar-refractivity contribution in [2.24, 2.45) is 11.8 Å². The van der Waals surface area contributed by atoms with E-state index < -0.39 is 0 Å². The Morgan fingerprint density at radius 3 is 2.40 bits per heavy atom. The molecule has 15 heavy (non-hydrogen) atoms. The Morgan fingerprint density at radius 1 is 1.40 bits per heavy atom. The number of likely N-dealkylation sites (tertiary alicyclic amines) is 1. The second-order valence-electron chi connectivity index (χ2n) is 5.53. The molecule has 0 aromatic carbocycles. The Balaban J connectivity index is 2.50. The number of hydrogen-bond acceptors (Lipinski definition) is 2. The first kappa shape index (κ1) is 12.3. The fraction of sp³-hybridized carbons (Fsp3) is 0.917. The van der Waals surface area contributed by atoms with E-state index in [-0.39, 0.29) is 11.7 Å². The zero-order valence-corrected chi connectivity index (χ0v) is 10.5. The van der Waals surface area contributed by atoms with E-state index in [4.69, 9.17) is 4.74 Å². The molecule has 88 valence electrons. The topological polar surface area (TPSA) is 29.5 Å². The largest absolute Gasteiger partial charge is 0.444 e. The summed E-state index contributed by atoms with van der Waals surface area (Å²) in [7, 11) is 0. The first-order chi connectivity index (χ1) is 6.83. The van der Waals surface area contributed by atoms with Gasteiger partial charge in [0.15, 0.2) is 0 Å². The Bertz CT molecular complexity index is 232. The Kier molecular flexibility index (Phi) is 3.63. The van der Waals surface area contributed by atoms with Crippen molar-refractivity contribution < 1.29 is 9.53 Å². The van der Waals surface area contributed by atoms with Gasteiger partial charge in [0.2, 0.25) is 0 Å². The number of carbonyl (C=O) groups is 1. The Labute approximate surface area is 92.8 Å². The minimum atomic E-state index is -0.384. The summed E-state index contributed by atoms with van der Waals surface area (Å²) in [6.45, 7) is 11.8. The van der Waals surface area contributed by atoms with Crippen LogP contribution in [0.1, 0.15) is 41.0 Å². The normalized spacial score (nSPS) is 26.9. The second kappa shape index (κ2) is 4.42. The van der Waals surface area contributed by atoms with Crippen LogP contribution in [-0.4, -0.2) is 29.7 Å². The smallest absolute Gasteiger partial charge is 0.410 e. The molecular formula is C12H23NO2. The molecule has 0 bridgehead atoms. The Morgan fingerprint density at radius 2 is 2.00 bits per heavy atom. The minimum absolute atomic E-state index is 0.162. The van der Waals surface area contributed by atoms with Crippen molar-refractivity contribution in [3.05, 3.63) is 0 Å². The van der Waals surface area contributed by atoms with Crippen molar-refractivity contribution in [2.45, 2.75) is 46.6 Å². The van der Waals surface area contributed by atoms with Crippen molar-refractivity contribution in [1.29, 1.82) is 0 Å². The average molecular weight is 213 g/mol. The van der Waals surface area contributed by atoms with Crippen LogP contribution in [0.4, 0.5) is 4.79 Å². The molecule has 1 fully saturated rings. The van der Waals surface area contributed by atoms with Crippen LogP contribution in [0.15, 0.2) is 0 Å². The number of nitrogens with zero attached hydrogens (tertiary/aromatic N) is 1. The molecule has 1 amide bonds. The van der Waals surface area contributed by atoms with Gasteiger partial charge in [-0.25, -0.2) is 4.79 Å². The van der Waals surface area contributed by atoms with E-state index >= 15 is 0 Å². The molecule has 1 rings (SSSR count). The molecule has 1 aliphatic heterocycles. The van der Waals surface area contributed by atoms with Crippen LogP contribution < -0.4 is 0 Å². The van der Waals surface area contributed by atoms with Crippen molar-refractivity contribution in [1.82, 2.24) is 4.90 Å². The molecule has 0 saturated carbocycles. The van der Waals surface area contributed by atoms with Crippen molar-refractivity contribution >= 4 is 6.09 Å². The van der Waals surface area contributed by atoms with Crippen molar-refractivity contribution in [3.8, 4) is 0 Å². The summed E-state index contributed by atoms with van der Waals surface area (Å²) < 4.78 is 5.35. The van der Waals surface area contributed by atoms with E-state index in [1.807, 2.05) is 25.7 Å². The third kappa shape index (κ3) is 3.40. The van der Waals surface area contributed by atoms with E-state index in [1.54, 1.807) is 0 Å². The maximum atomic E-state index is 11.8. The van der Waals surface area contributed by atoms with Gasteiger partial charge in [0.1, 0.15) is 5.60 Å². The maximum absolute atomic E-state index is 11.8. The van der Waals surface area contributed by atoms with Gasteiger partial charge in [-0.2, -0.15) is 0 Å². The van der Waals surface area contributed by atoms with Gasteiger partial charge >= 0.3 is 6.09 Å². The molecule has 1 saturated heterocycles. The number of amides is 1. The molecule has 0 N–H and O–H groups in total. The number of rotatable bonds is 1. The van der Waals surface area contributed by atoms with Crippen LogP contribution >= 0.6 is 0 Å². The average Bonchev–Trinajstić information content (AvgIpc) is 2.43. The molecule has 0 spiro atoms. The fourth-order valence-electron chi connectivity index (χ4n) is 2.04. The summed E-state index contributed by atoms with van der Waals surface area (Å²) in [5.41, 5.74) is -0.384. The van der Waals surface area contributed by atoms with Crippen LogP contribution in [0.25, 0.3) is 0 Å². The van der Waals surface area contributed by atoms with Crippen LogP contribution in [0, 0.1) is 11.8 Å². The molecule has 0 unspecified atom stereocenters. The number of carbonyl (C=O) groups excluding carboxylic acids is 1. The number of ether oxygens (including phenoxy) is 1. The van der Waals surface area contributed by atoms with E-state index in [0.717, 1.165) is 19.5 Å². The molecule has 2 atom stereocenters. The highest BCUT2D eigenvalue weighted by atomic mass is 16.6. The summed E-state index contributed by atoms with van der Waals surface area (Å²) in [6, 6.07) is 0. The van der Waals surface area contributed by atoms with Gasteiger partial charge in [-0.3, -0.25) is 0 Å². The van der Waals surface area contributed by atoms with Crippen molar-refractivity contribution in [3.63, 3.8) is 0 Å². The molecular weight excluding hydrogens is 190 g/mol. The SMILES string of the molecule is CC[C@H]1CN(C(=O)OC(C)(C)C)C[C@H]1C. The van der Waals surface area contributed by atoms with Crippen LogP contribution in [0.5, 0.6) is 0 Å². The second-order valence-corrected chi connectivity index (χ2v) is 5.53.